The first-order valence-corrected chi connectivity index (χ1v) is 4.69. The van der Waals surface area contributed by atoms with Crippen molar-refractivity contribution in [1.82, 2.24) is 9.47 Å². The van der Waals surface area contributed by atoms with E-state index in [-0.39, 0.29) is 0 Å². The number of carbonyl (C=O) groups is 2. The van der Waals surface area contributed by atoms with Gasteiger partial charge in [-0.1, -0.05) is 0 Å². The van der Waals surface area contributed by atoms with E-state index in [1.54, 1.807) is 43.5 Å². The molecule has 0 bridgehead atoms. The van der Waals surface area contributed by atoms with Gasteiger partial charge in [0.1, 0.15) is 5.70 Å². The highest BCUT2D eigenvalue weighted by Crippen LogP contribution is 2.11. The monoisotopic (exact) mass is 222 g/mol. The van der Waals surface area contributed by atoms with Crippen LogP contribution >= 0.6 is 0 Å². The smallest absolute Gasteiger partial charge is 0.356 e. The molecule has 0 atom stereocenters. The van der Waals surface area contributed by atoms with Crippen LogP contribution in [0.15, 0.2) is 24.5 Å². The molecule has 0 saturated carbocycles. The summed E-state index contributed by atoms with van der Waals surface area (Å²) in [5.74, 6) is -0.493. The Bertz CT molecular complexity index is 419. The van der Waals surface area contributed by atoms with Crippen molar-refractivity contribution >= 4 is 18.0 Å². The third kappa shape index (κ3) is 2.50. The molecule has 1 aromatic rings. The van der Waals surface area contributed by atoms with E-state index in [1.165, 1.54) is 11.7 Å². The summed E-state index contributed by atoms with van der Waals surface area (Å²) in [6.07, 6.45) is 3.92. The molecule has 0 amide bonds. The lowest BCUT2D eigenvalue weighted by atomic mass is 10.4. The molecule has 0 unspecified atom stereocenters. The molecule has 1 heterocycles. The number of aldehydes is 1. The molecule has 1 aromatic heterocycles. The zero-order chi connectivity index (χ0) is 12.1. The minimum absolute atomic E-state index is 0.291. The fourth-order valence-electron chi connectivity index (χ4n) is 1.27. The van der Waals surface area contributed by atoms with E-state index >= 15 is 0 Å². The molecule has 86 valence electrons. The lowest BCUT2D eigenvalue weighted by Crippen LogP contribution is -2.15. The van der Waals surface area contributed by atoms with E-state index in [1.807, 2.05) is 0 Å². The van der Waals surface area contributed by atoms with Crippen molar-refractivity contribution in [2.75, 3.05) is 21.2 Å². The standard InChI is InChI=1S/C11H14N2O3/c1-12(2)7-10(11(15)16-3)13-6-4-5-9(13)8-14/h4-8H,1-3H3/b10-7+. The Morgan fingerprint density at radius 3 is 2.69 bits per heavy atom. The number of aromatic nitrogens is 1. The summed E-state index contributed by atoms with van der Waals surface area (Å²) in [7, 11) is 4.87. The SMILES string of the molecule is COC(=O)/C(=C\N(C)C)n1cccc1C=O. The number of carbonyl (C=O) groups excluding carboxylic acids is 2. The van der Waals surface area contributed by atoms with Crippen LogP contribution in [0.1, 0.15) is 10.5 Å². The maximum atomic E-state index is 11.6. The van der Waals surface area contributed by atoms with Gasteiger partial charge in [-0.05, 0) is 12.1 Å². The topological polar surface area (TPSA) is 51.5 Å². The largest absolute Gasteiger partial charge is 0.464 e. The molecule has 0 N–H and O–H groups in total. The Morgan fingerprint density at radius 1 is 1.50 bits per heavy atom. The van der Waals surface area contributed by atoms with Gasteiger partial charge in [0, 0.05) is 26.5 Å². The van der Waals surface area contributed by atoms with Crippen molar-refractivity contribution in [3.05, 3.63) is 30.2 Å². The van der Waals surface area contributed by atoms with Crippen LogP contribution in [0.2, 0.25) is 0 Å². The van der Waals surface area contributed by atoms with Crippen molar-refractivity contribution < 1.29 is 14.3 Å². The van der Waals surface area contributed by atoms with Crippen molar-refractivity contribution in [3.8, 4) is 0 Å². The number of nitrogens with zero attached hydrogens (tertiary/aromatic N) is 2. The highest BCUT2D eigenvalue weighted by Gasteiger charge is 2.14. The van der Waals surface area contributed by atoms with Crippen LogP contribution in [0.4, 0.5) is 0 Å². The second-order valence-electron chi connectivity index (χ2n) is 3.39. The average molecular weight is 222 g/mol. The molecule has 5 heteroatoms. The summed E-state index contributed by atoms with van der Waals surface area (Å²) in [5.41, 5.74) is 0.693. The number of methoxy groups -OCH3 is 1. The first-order valence-electron chi connectivity index (χ1n) is 4.69. The molecule has 0 aliphatic carbocycles. The van der Waals surface area contributed by atoms with Crippen molar-refractivity contribution in [2.24, 2.45) is 0 Å². The van der Waals surface area contributed by atoms with Crippen LogP contribution in [-0.4, -0.2) is 42.9 Å². The zero-order valence-corrected chi connectivity index (χ0v) is 9.51. The summed E-state index contributed by atoms with van der Waals surface area (Å²) in [6, 6.07) is 3.32. The fourth-order valence-corrected chi connectivity index (χ4v) is 1.27. The van der Waals surface area contributed by atoms with Crippen molar-refractivity contribution in [1.29, 1.82) is 0 Å². The van der Waals surface area contributed by atoms with Gasteiger partial charge in [-0.25, -0.2) is 4.79 Å². The Balaban J connectivity index is 3.21. The van der Waals surface area contributed by atoms with E-state index < -0.39 is 5.97 Å². The average Bonchev–Trinajstić information content (AvgIpc) is 2.72. The highest BCUT2D eigenvalue weighted by atomic mass is 16.5. The zero-order valence-electron chi connectivity index (χ0n) is 9.51. The van der Waals surface area contributed by atoms with Crippen LogP contribution in [-0.2, 0) is 9.53 Å². The van der Waals surface area contributed by atoms with Gasteiger partial charge >= 0.3 is 5.97 Å². The summed E-state index contributed by atoms with van der Waals surface area (Å²) < 4.78 is 6.15. The van der Waals surface area contributed by atoms with Crippen LogP contribution in [0.25, 0.3) is 5.70 Å². The summed E-state index contributed by atoms with van der Waals surface area (Å²) in [4.78, 5) is 24.0. The molecular formula is C11H14N2O3. The highest BCUT2D eigenvalue weighted by molar-refractivity contribution is 6.10. The van der Waals surface area contributed by atoms with Gasteiger partial charge in [0.15, 0.2) is 6.29 Å². The van der Waals surface area contributed by atoms with Crippen LogP contribution in [0.3, 0.4) is 0 Å². The van der Waals surface area contributed by atoms with Crippen LogP contribution in [0, 0.1) is 0 Å². The third-order valence-corrected chi connectivity index (χ3v) is 1.94. The van der Waals surface area contributed by atoms with Crippen molar-refractivity contribution in [2.45, 2.75) is 0 Å². The summed E-state index contributed by atoms with van der Waals surface area (Å²) in [6.45, 7) is 0. The molecule has 0 aliphatic heterocycles. The van der Waals surface area contributed by atoms with Gasteiger partial charge in [-0.15, -0.1) is 0 Å². The van der Waals surface area contributed by atoms with Crippen LogP contribution in [0.5, 0.6) is 0 Å². The Labute approximate surface area is 93.9 Å². The van der Waals surface area contributed by atoms with Gasteiger partial charge in [0.25, 0.3) is 0 Å². The Morgan fingerprint density at radius 2 is 2.19 bits per heavy atom. The lowest BCUT2D eigenvalue weighted by Gasteiger charge is -2.12. The number of esters is 1. The van der Waals surface area contributed by atoms with E-state index in [0.717, 1.165) is 0 Å². The minimum atomic E-state index is -0.493. The molecule has 0 aromatic carbocycles. The van der Waals surface area contributed by atoms with E-state index in [4.69, 9.17) is 0 Å². The predicted molar refractivity (Wildman–Crippen MR) is 59.8 cm³/mol. The van der Waals surface area contributed by atoms with E-state index in [0.29, 0.717) is 17.7 Å². The molecule has 0 aliphatic rings. The molecule has 0 radical (unpaired) electrons. The van der Waals surface area contributed by atoms with Crippen molar-refractivity contribution in [3.63, 3.8) is 0 Å². The number of hydrogen-bond acceptors (Lipinski definition) is 4. The van der Waals surface area contributed by atoms with Gasteiger partial charge in [0.05, 0.1) is 12.8 Å². The predicted octanol–water partition coefficient (Wildman–Crippen LogP) is 0.834. The molecule has 5 nitrogen and oxygen atoms in total. The molecule has 1 rings (SSSR count). The summed E-state index contributed by atoms with van der Waals surface area (Å²) in [5, 5.41) is 0. The van der Waals surface area contributed by atoms with Gasteiger partial charge in [-0.2, -0.15) is 0 Å². The summed E-state index contributed by atoms with van der Waals surface area (Å²) >= 11 is 0. The lowest BCUT2D eigenvalue weighted by molar-refractivity contribution is -0.134. The number of hydrogen-bond donors (Lipinski definition) is 0. The molecular weight excluding hydrogens is 208 g/mol. The Hall–Kier alpha value is -2.04. The van der Waals surface area contributed by atoms with Gasteiger partial charge in [-0.3, -0.25) is 4.79 Å². The van der Waals surface area contributed by atoms with E-state index in [2.05, 4.69) is 4.74 Å². The van der Waals surface area contributed by atoms with Crippen LogP contribution < -0.4 is 0 Å². The molecule has 0 saturated heterocycles. The molecule has 16 heavy (non-hydrogen) atoms. The quantitative estimate of drug-likeness (QED) is 0.430. The third-order valence-electron chi connectivity index (χ3n) is 1.94. The second-order valence-corrected chi connectivity index (χ2v) is 3.39. The number of rotatable bonds is 4. The first-order chi connectivity index (χ1) is 7.60. The first kappa shape index (κ1) is 12.0. The maximum absolute atomic E-state index is 11.6. The maximum Gasteiger partial charge on any atom is 0.356 e. The second kappa shape index (κ2) is 5.16. The fraction of sp³-hybridized carbons (Fsp3) is 0.273. The Kier molecular flexibility index (Phi) is 3.88. The molecule has 0 spiro atoms. The van der Waals surface area contributed by atoms with E-state index in [9.17, 15) is 9.59 Å². The van der Waals surface area contributed by atoms with Gasteiger partial charge in [0.2, 0.25) is 0 Å². The normalized spacial score (nSPS) is 11.1. The number of ether oxygens (including phenoxy) is 1. The van der Waals surface area contributed by atoms with Gasteiger partial charge < -0.3 is 14.2 Å². The molecule has 0 fully saturated rings. The minimum Gasteiger partial charge on any atom is -0.464 e.